The lowest BCUT2D eigenvalue weighted by molar-refractivity contribution is -0.137. The third-order valence-electron chi connectivity index (χ3n) is 4.35. The number of rotatable bonds is 5. The number of carbonyl (C=O) groups is 1. The Hall–Kier alpha value is -2.79. The third kappa shape index (κ3) is 4.68. The molecule has 162 valence electrons. The molecule has 2 N–H and O–H groups in total. The van der Waals surface area contributed by atoms with Gasteiger partial charge in [0.05, 0.1) is 30.0 Å². The fraction of sp³-hybridized carbons (Fsp3) is 0.389. The molecule has 1 saturated heterocycles. The number of aromatic nitrogens is 2. The van der Waals surface area contributed by atoms with Crippen LogP contribution in [0.1, 0.15) is 22.3 Å². The van der Waals surface area contributed by atoms with Crippen molar-refractivity contribution in [2.45, 2.75) is 12.6 Å². The highest BCUT2D eigenvalue weighted by Gasteiger charge is 2.35. The van der Waals surface area contributed by atoms with Crippen LogP contribution in [0.5, 0.6) is 5.75 Å². The largest absolute Gasteiger partial charge is 0.496 e. The Morgan fingerprint density at radius 1 is 1.37 bits per heavy atom. The van der Waals surface area contributed by atoms with Gasteiger partial charge < -0.3 is 25.0 Å². The number of nitrogens with one attached hydrogen (secondary N) is 2. The number of hydrogen-bond donors (Lipinski definition) is 2. The van der Waals surface area contributed by atoms with Crippen LogP contribution in [0.4, 0.5) is 30.6 Å². The lowest BCUT2D eigenvalue weighted by Gasteiger charge is -2.27. The predicted octanol–water partition coefficient (Wildman–Crippen LogP) is 3.76. The van der Waals surface area contributed by atoms with Crippen LogP contribution in [-0.4, -0.2) is 54.8 Å². The van der Waals surface area contributed by atoms with Crippen molar-refractivity contribution in [2.75, 3.05) is 44.7 Å². The Kier molecular flexibility index (Phi) is 6.52. The molecule has 1 fully saturated rings. The van der Waals surface area contributed by atoms with Crippen LogP contribution in [-0.2, 0) is 10.9 Å². The van der Waals surface area contributed by atoms with E-state index in [0.29, 0.717) is 19.3 Å². The highest BCUT2D eigenvalue weighted by Crippen LogP contribution is 2.36. The van der Waals surface area contributed by atoms with Gasteiger partial charge >= 0.3 is 6.18 Å². The first-order valence-electron chi connectivity index (χ1n) is 8.88. The van der Waals surface area contributed by atoms with Crippen LogP contribution in [0, 0.1) is 0 Å². The molecule has 0 aliphatic carbocycles. The molecule has 1 aliphatic heterocycles. The van der Waals surface area contributed by atoms with Gasteiger partial charge in [0, 0.05) is 25.9 Å². The van der Waals surface area contributed by atoms with E-state index in [0.717, 1.165) is 6.42 Å². The quantitative estimate of drug-likeness (QED) is 0.724. The van der Waals surface area contributed by atoms with Crippen LogP contribution in [0.3, 0.4) is 0 Å². The Morgan fingerprint density at radius 2 is 2.13 bits per heavy atom. The minimum atomic E-state index is -4.60. The summed E-state index contributed by atoms with van der Waals surface area (Å²) in [7, 11) is 2.71. The van der Waals surface area contributed by atoms with E-state index in [1.807, 2.05) is 0 Å². The van der Waals surface area contributed by atoms with Gasteiger partial charge in [-0.1, -0.05) is 11.6 Å². The molecule has 2 heterocycles. The van der Waals surface area contributed by atoms with Crippen molar-refractivity contribution >= 4 is 35.0 Å². The van der Waals surface area contributed by atoms with Crippen molar-refractivity contribution in [1.29, 1.82) is 0 Å². The molecular formula is C18H19ClF3N5O3. The van der Waals surface area contributed by atoms with Gasteiger partial charge in [0.2, 0.25) is 5.95 Å². The number of alkyl halides is 3. The summed E-state index contributed by atoms with van der Waals surface area (Å²) < 4.78 is 49.6. The first-order chi connectivity index (χ1) is 14.2. The summed E-state index contributed by atoms with van der Waals surface area (Å²) in [5.74, 6) is -0.568. The Morgan fingerprint density at radius 3 is 2.73 bits per heavy atom. The van der Waals surface area contributed by atoms with Crippen LogP contribution >= 0.6 is 11.6 Å². The number of carbonyl (C=O) groups excluding carboxylic acids is 1. The second kappa shape index (κ2) is 8.92. The number of methoxy groups -OCH3 is 1. The van der Waals surface area contributed by atoms with Gasteiger partial charge in [0.1, 0.15) is 23.9 Å². The van der Waals surface area contributed by atoms with E-state index in [1.165, 1.54) is 31.2 Å². The summed E-state index contributed by atoms with van der Waals surface area (Å²) in [5.41, 5.74) is -0.492. The first kappa shape index (κ1) is 21.9. The molecule has 0 atom stereocenters. The van der Waals surface area contributed by atoms with Crippen LogP contribution in [0.25, 0.3) is 0 Å². The maximum absolute atomic E-state index is 13.0. The lowest BCUT2D eigenvalue weighted by atomic mass is 10.1. The van der Waals surface area contributed by atoms with Gasteiger partial charge in [-0.2, -0.15) is 18.2 Å². The van der Waals surface area contributed by atoms with E-state index in [-0.39, 0.29) is 46.4 Å². The minimum absolute atomic E-state index is 0.111. The van der Waals surface area contributed by atoms with Gasteiger partial charge in [-0.15, -0.1) is 0 Å². The third-order valence-corrected chi connectivity index (χ3v) is 4.66. The van der Waals surface area contributed by atoms with Crippen LogP contribution in [0.2, 0.25) is 5.02 Å². The topological polar surface area (TPSA) is 88.6 Å². The molecule has 3 rings (SSSR count). The van der Waals surface area contributed by atoms with Crippen molar-refractivity contribution in [3.63, 3.8) is 0 Å². The molecule has 2 aromatic rings. The van der Waals surface area contributed by atoms with Crippen molar-refractivity contribution in [2.24, 2.45) is 0 Å². The zero-order chi connectivity index (χ0) is 21.9. The number of nitrogens with zero attached hydrogens (tertiary/aromatic N) is 3. The molecule has 1 aromatic heterocycles. The highest BCUT2D eigenvalue weighted by atomic mass is 35.5. The number of halogens is 4. The molecule has 0 bridgehead atoms. The zero-order valence-electron chi connectivity index (χ0n) is 16.1. The van der Waals surface area contributed by atoms with Gasteiger partial charge in [0.15, 0.2) is 0 Å². The van der Waals surface area contributed by atoms with Crippen molar-refractivity contribution in [1.82, 2.24) is 14.9 Å². The summed E-state index contributed by atoms with van der Waals surface area (Å²) in [6.07, 6.45) is -3.21. The van der Waals surface area contributed by atoms with Crippen molar-refractivity contribution < 1.29 is 27.4 Å². The number of hydrogen-bond acceptors (Lipinski definition) is 7. The fourth-order valence-corrected chi connectivity index (χ4v) is 3.08. The average Bonchev–Trinajstić information content (AvgIpc) is 2.74. The van der Waals surface area contributed by atoms with E-state index >= 15 is 0 Å². The second-order valence-electron chi connectivity index (χ2n) is 6.32. The molecule has 0 unspecified atom stereocenters. The molecule has 30 heavy (non-hydrogen) atoms. The second-order valence-corrected chi connectivity index (χ2v) is 6.73. The molecule has 1 amide bonds. The van der Waals surface area contributed by atoms with Gasteiger partial charge in [-0.3, -0.25) is 4.79 Å². The SMILES string of the molecule is CNc1nc(Nc2cc(OC)c(C(=O)N3CCCOC3)cc2Cl)ncc1C(F)(F)F. The van der Waals surface area contributed by atoms with Gasteiger partial charge in [0.25, 0.3) is 5.91 Å². The van der Waals surface area contributed by atoms with Gasteiger partial charge in [-0.25, -0.2) is 4.98 Å². The van der Waals surface area contributed by atoms with Gasteiger partial charge in [-0.05, 0) is 12.5 Å². The van der Waals surface area contributed by atoms with E-state index < -0.39 is 11.7 Å². The molecule has 0 radical (unpaired) electrons. The number of anilines is 3. The van der Waals surface area contributed by atoms with E-state index in [2.05, 4.69) is 20.6 Å². The van der Waals surface area contributed by atoms with Crippen LogP contribution < -0.4 is 15.4 Å². The molecular weight excluding hydrogens is 427 g/mol. The van der Waals surface area contributed by atoms with Crippen molar-refractivity contribution in [3.05, 3.63) is 34.5 Å². The number of benzene rings is 1. The average molecular weight is 446 g/mol. The predicted molar refractivity (Wildman–Crippen MR) is 104 cm³/mol. The molecule has 1 aromatic carbocycles. The van der Waals surface area contributed by atoms with E-state index in [1.54, 1.807) is 0 Å². The summed E-state index contributed by atoms with van der Waals surface area (Å²) in [4.78, 5) is 21.8. The highest BCUT2D eigenvalue weighted by molar-refractivity contribution is 6.33. The molecule has 0 spiro atoms. The monoisotopic (exact) mass is 445 g/mol. The normalized spacial score (nSPS) is 14.4. The summed E-state index contributed by atoms with van der Waals surface area (Å²) in [5, 5.41) is 5.29. The van der Waals surface area contributed by atoms with Crippen LogP contribution in [0.15, 0.2) is 18.3 Å². The Balaban J connectivity index is 1.89. The Labute approximate surface area is 175 Å². The fourth-order valence-electron chi connectivity index (χ4n) is 2.87. The standard InChI is InChI=1S/C18H19ClF3N5O3/c1-23-15-11(18(20,21)22)8-24-17(26-15)25-13-7-14(29-2)10(6-12(13)19)16(28)27-4-3-5-30-9-27/h6-8H,3-5,9H2,1-2H3,(H2,23,24,25,26). The molecule has 0 saturated carbocycles. The lowest BCUT2D eigenvalue weighted by Crippen LogP contribution is -2.38. The maximum Gasteiger partial charge on any atom is 0.421 e. The minimum Gasteiger partial charge on any atom is -0.496 e. The maximum atomic E-state index is 13.0. The van der Waals surface area contributed by atoms with E-state index in [4.69, 9.17) is 21.1 Å². The summed E-state index contributed by atoms with van der Waals surface area (Å²) in [6, 6.07) is 2.88. The molecule has 8 nitrogen and oxygen atoms in total. The summed E-state index contributed by atoms with van der Waals surface area (Å²) >= 11 is 6.30. The smallest absolute Gasteiger partial charge is 0.421 e. The van der Waals surface area contributed by atoms with Crippen molar-refractivity contribution in [3.8, 4) is 5.75 Å². The number of ether oxygens (including phenoxy) is 2. The van der Waals surface area contributed by atoms with E-state index in [9.17, 15) is 18.0 Å². The number of amides is 1. The summed E-state index contributed by atoms with van der Waals surface area (Å²) in [6.45, 7) is 1.31. The first-order valence-corrected chi connectivity index (χ1v) is 9.26. The molecule has 1 aliphatic rings. The Bertz CT molecular complexity index is 936. The molecule has 12 heteroatoms. The zero-order valence-corrected chi connectivity index (χ0v) is 16.9.